The molecule has 0 aromatic carbocycles. The third kappa shape index (κ3) is 1.63. The first-order chi connectivity index (χ1) is 7.13. The van der Waals surface area contributed by atoms with E-state index in [2.05, 4.69) is 23.8 Å². The first-order valence-corrected chi connectivity index (χ1v) is 5.19. The van der Waals surface area contributed by atoms with E-state index < -0.39 is 0 Å². The van der Waals surface area contributed by atoms with Gasteiger partial charge in [0.25, 0.3) is 0 Å². The van der Waals surface area contributed by atoms with Gasteiger partial charge in [-0.2, -0.15) is 4.98 Å². The zero-order valence-corrected chi connectivity index (χ0v) is 9.76. The van der Waals surface area contributed by atoms with Crippen molar-refractivity contribution in [3.63, 3.8) is 0 Å². The van der Waals surface area contributed by atoms with Crippen molar-refractivity contribution in [1.82, 2.24) is 14.5 Å². The van der Waals surface area contributed by atoms with E-state index in [1.807, 2.05) is 16.7 Å². The lowest BCUT2D eigenvalue weighted by Gasteiger charge is -2.07. The molecule has 5 heteroatoms. The van der Waals surface area contributed by atoms with E-state index in [4.69, 9.17) is 17.0 Å². The fourth-order valence-electron chi connectivity index (χ4n) is 1.58. The second-order valence-electron chi connectivity index (χ2n) is 3.62. The van der Waals surface area contributed by atoms with Crippen LogP contribution in [0.3, 0.4) is 0 Å². The molecule has 0 unspecified atom stereocenters. The van der Waals surface area contributed by atoms with E-state index in [1.54, 1.807) is 7.11 Å². The normalized spacial score (nSPS) is 11.2. The summed E-state index contributed by atoms with van der Waals surface area (Å²) in [6.07, 6.45) is 0. The third-order valence-electron chi connectivity index (χ3n) is 2.26. The fraction of sp³-hybridized carbons (Fsp3) is 0.400. The Morgan fingerprint density at radius 2 is 2.20 bits per heavy atom. The number of hydrogen-bond acceptors (Lipinski definition) is 3. The summed E-state index contributed by atoms with van der Waals surface area (Å²) in [7, 11) is 1.61. The zero-order chi connectivity index (χ0) is 11.0. The Morgan fingerprint density at radius 3 is 2.80 bits per heavy atom. The third-order valence-corrected chi connectivity index (χ3v) is 2.56. The van der Waals surface area contributed by atoms with Crippen LogP contribution < -0.4 is 4.74 Å². The molecule has 15 heavy (non-hydrogen) atoms. The van der Waals surface area contributed by atoms with Crippen molar-refractivity contribution in [1.29, 1.82) is 0 Å². The minimum Gasteiger partial charge on any atom is -0.481 e. The molecule has 0 bridgehead atoms. The fourth-order valence-corrected chi connectivity index (χ4v) is 1.98. The number of hydrogen-bond donors (Lipinski definition) is 1. The van der Waals surface area contributed by atoms with Gasteiger partial charge >= 0.3 is 0 Å². The number of methoxy groups -OCH3 is 1. The van der Waals surface area contributed by atoms with Crippen molar-refractivity contribution in [2.45, 2.75) is 19.9 Å². The second-order valence-corrected chi connectivity index (χ2v) is 4.01. The summed E-state index contributed by atoms with van der Waals surface area (Å²) >= 11 is 5.24. The summed E-state index contributed by atoms with van der Waals surface area (Å²) in [5, 5.41) is 0. The maximum absolute atomic E-state index is 5.24. The monoisotopic (exact) mass is 223 g/mol. The average Bonchev–Trinajstić information content (AvgIpc) is 2.52. The lowest BCUT2D eigenvalue weighted by Crippen LogP contribution is -2.01. The van der Waals surface area contributed by atoms with E-state index >= 15 is 0 Å². The molecule has 0 aliphatic rings. The van der Waals surface area contributed by atoms with Gasteiger partial charge in [-0.15, -0.1) is 0 Å². The summed E-state index contributed by atoms with van der Waals surface area (Å²) < 4.78 is 7.77. The molecule has 0 saturated heterocycles. The van der Waals surface area contributed by atoms with E-state index in [0.29, 0.717) is 10.7 Å². The SMILES string of the molecule is COc1ccc2[nH]c(=S)n(C(C)C)c2n1. The van der Waals surface area contributed by atoms with Crippen LogP contribution in [0, 0.1) is 4.77 Å². The Hall–Kier alpha value is -1.36. The lowest BCUT2D eigenvalue weighted by atomic mass is 10.4. The molecule has 0 atom stereocenters. The highest BCUT2D eigenvalue weighted by Crippen LogP contribution is 2.19. The number of imidazole rings is 1. The van der Waals surface area contributed by atoms with Gasteiger partial charge in [-0.25, -0.2) is 0 Å². The van der Waals surface area contributed by atoms with Gasteiger partial charge in [0.15, 0.2) is 10.4 Å². The lowest BCUT2D eigenvalue weighted by molar-refractivity contribution is 0.398. The maximum atomic E-state index is 5.24. The summed E-state index contributed by atoms with van der Waals surface area (Å²) in [5.41, 5.74) is 1.78. The molecule has 0 aliphatic heterocycles. The molecular formula is C10H13N3OS. The maximum Gasteiger partial charge on any atom is 0.215 e. The largest absolute Gasteiger partial charge is 0.481 e. The standard InChI is InChI=1S/C10H13N3OS/c1-6(2)13-9-7(11-10(13)15)4-5-8(12-9)14-3/h4-6H,1-3H3,(H,11,15). The first-order valence-electron chi connectivity index (χ1n) is 4.78. The molecule has 0 spiro atoms. The minimum absolute atomic E-state index is 0.283. The van der Waals surface area contributed by atoms with Crippen LogP contribution in [0.15, 0.2) is 12.1 Å². The van der Waals surface area contributed by atoms with Crippen molar-refractivity contribution in [2.24, 2.45) is 0 Å². The van der Waals surface area contributed by atoms with Crippen LogP contribution in [0.25, 0.3) is 11.2 Å². The average molecular weight is 223 g/mol. The van der Waals surface area contributed by atoms with Crippen LogP contribution in [-0.2, 0) is 0 Å². The molecule has 0 fully saturated rings. The summed E-state index contributed by atoms with van der Waals surface area (Å²) in [4.78, 5) is 7.50. The molecule has 80 valence electrons. The number of aromatic nitrogens is 3. The van der Waals surface area contributed by atoms with Crippen molar-refractivity contribution >= 4 is 23.4 Å². The highest BCUT2D eigenvalue weighted by atomic mass is 32.1. The molecular weight excluding hydrogens is 210 g/mol. The van der Waals surface area contributed by atoms with Crippen LogP contribution in [0.1, 0.15) is 19.9 Å². The second kappa shape index (κ2) is 3.66. The highest BCUT2D eigenvalue weighted by molar-refractivity contribution is 7.71. The molecule has 2 rings (SSSR count). The van der Waals surface area contributed by atoms with Gasteiger partial charge in [-0.1, -0.05) is 0 Å². The van der Waals surface area contributed by atoms with Crippen LogP contribution in [0.4, 0.5) is 0 Å². The van der Waals surface area contributed by atoms with Crippen molar-refractivity contribution in [3.8, 4) is 5.88 Å². The Labute approximate surface area is 92.9 Å². The van der Waals surface area contributed by atoms with Gasteiger partial charge in [0.2, 0.25) is 5.88 Å². The van der Waals surface area contributed by atoms with E-state index in [9.17, 15) is 0 Å². The summed E-state index contributed by atoms with van der Waals surface area (Å²) in [5.74, 6) is 0.603. The van der Waals surface area contributed by atoms with E-state index in [1.165, 1.54) is 0 Å². The molecule has 1 N–H and O–H groups in total. The number of aromatic amines is 1. The van der Waals surface area contributed by atoms with Crippen LogP contribution in [0.2, 0.25) is 0 Å². The van der Waals surface area contributed by atoms with E-state index in [0.717, 1.165) is 11.2 Å². The quantitative estimate of drug-likeness (QED) is 0.796. The summed E-state index contributed by atoms with van der Waals surface area (Å²) in [6, 6.07) is 4.03. The van der Waals surface area contributed by atoms with Crippen LogP contribution in [-0.4, -0.2) is 21.6 Å². The van der Waals surface area contributed by atoms with Crippen molar-refractivity contribution < 1.29 is 4.74 Å². The Morgan fingerprint density at radius 1 is 1.47 bits per heavy atom. The van der Waals surface area contributed by atoms with E-state index in [-0.39, 0.29) is 6.04 Å². The first kappa shape index (κ1) is 10.2. The Balaban J connectivity index is 2.78. The smallest absolute Gasteiger partial charge is 0.215 e. The number of H-pyrrole nitrogens is 1. The molecule has 0 radical (unpaired) electrons. The number of nitrogens with one attached hydrogen (secondary N) is 1. The highest BCUT2D eigenvalue weighted by Gasteiger charge is 2.09. The van der Waals surface area contributed by atoms with Gasteiger partial charge in [0.05, 0.1) is 12.6 Å². The zero-order valence-electron chi connectivity index (χ0n) is 8.94. The van der Waals surface area contributed by atoms with Crippen LogP contribution >= 0.6 is 12.2 Å². The predicted octanol–water partition coefficient (Wildman–Crippen LogP) is 2.68. The van der Waals surface area contributed by atoms with Gasteiger partial charge in [-0.3, -0.25) is 4.57 Å². The molecule has 2 heterocycles. The van der Waals surface area contributed by atoms with Gasteiger partial charge in [-0.05, 0) is 32.1 Å². The Kier molecular flexibility index (Phi) is 2.48. The molecule has 0 aliphatic carbocycles. The van der Waals surface area contributed by atoms with Gasteiger partial charge in [0, 0.05) is 12.1 Å². The molecule has 2 aromatic rings. The van der Waals surface area contributed by atoms with Gasteiger partial charge in [0.1, 0.15) is 0 Å². The molecule has 4 nitrogen and oxygen atoms in total. The molecule has 2 aromatic heterocycles. The minimum atomic E-state index is 0.283. The topological polar surface area (TPSA) is 42.8 Å². The van der Waals surface area contributed by atoms with Crippen molar-refractivity contribution in [3.05, 3.63) is 16.9 Å². The molecule has 0 saturated carbocycles. The molecule has 0 amide bonds. The number of rotatable bonds is 2. The number of nitrogens with zero attached hydrogens (tertiary/aromatic N) is 2. The van der Waals surface area contributed by atoms with Gasteiger partial charge < -0.3 is 9.72 Å². The summed E-state index contributed by atoms with van der Waals surface area (Å²) in [6.45, 7) is 4.15. The Bertz CT molecular complexity index is 541. The number of pyridine rings is 1. The predicted molar refractivity (Wildman–Crippen MR) is 61.9 cm³/mol. The van der Waals surface area contributed by atoms with Crippen LogP contribution in [0.5, 0.6) is 5.88 Å². The number of fused-ring (bicyclic) bond motifs is 1. The number of ether oxygens (including phenoxy) is 1. The van der Waals surface area contributed by atoms with Crippen molar-refractivity contribution in [2.75, 3.05) is 7.11 Å².